The molecule has 1 amide bonds. The number of amides is 1. The van der Waals surface area contributed by atoms with Crippen LogP contribution in [0.5, 0.6) is 0 Å². The Bertz CT molecular complexity index is 934. The van der Waals surface area contributed by atoms with Crippen LogP contribution in [0.1, 0.15) is 42.1 Å². The van der Waals surface area contributed by atoms with Crippen LogP contribution in [0.25, 0.3) is 0 Å². The molecule has 0 saturated carbocycles. The number of benzene rings is 2. The van der Waals surface area contributed by atoms with Crippen molar-refractivity contribution in [1.29, 1.82) is 0 Å². The first-order valence-electron chi connectivity index (χ1n) is 12.9. The minimum Gasteiger partial charge on any atom is -0.466 e. The van der Waals surface area contributed by atoms with Crippen LogP contribution in [-0.2, 0) is 16.0 Å². The van der Waals surface area contributed by atoms with E-state index < -0.39 is 0 Å². The second kappa shape index (κ2) is 12.7. The molecule has 0 radical (unpaired) electrons. The first kappa shape index (κ1) is 25.2. The second-order valence-electron chi connectivity index (χ2n) is 9.39. The molecule has 0 aromatic heterocycles. The maximum absolute atomic E-state index is 13.0. The number of carbonyl (C=O) groups excluding carboxylic acids is 2. The summed E-state index contributed by atoms with van der Waals surface area (Å²) in [5.41, 5.74) is 3.04. The predicted octanol–water partition coefficient (Wildman–Crippen LogP) is 3.68. The largest absolute Gasteiger partial charge is 0.466 e. The van der Waals surface area contributed by atoms with Crippen LogP contribution in [0, 0.1) is 5.92 Å². The van der Waals surface area contributed by atoms with Gasteiger partial charge in [-0.25, -0.2) is 10.0 Å². The van der Waals surface area contributed by atoms with Gasteiger partial charge in [-0.1, -0.05) is 30.3 Å². The normalized spacial score (nSPS) is 17.8. The quantitative estimate of drug-likeness (QED) is 0.555. The Hall–Kier alpha value is -2.90. The van der Waals surface area contributed by atoms with Crippen molar-refractivity contribution in [3.8, 4) is 0 Å². The van der Waals surface area contributed by atoms with Crippen LogP contribution in [-0.4, -0.2) is 79.2 Å². The number of carbonyl (C=O) groups is 2. The number of nitrogens with zero attached hydrogens (tertiary/aromatic N) is 3. The van der Waals surface area contributed by atoms with Crippen LogP contribution in [0.15, 0.2) is 54.6 Å². The van der Waals surface area contributed by atoms with Crippen molar-refractivity contribution >= 4 is 17.6 Å². The van der Waals surface area contributed by atoms with Gasteiger partial charge in [0.05, 0.1) is 13.0 Å². The van der Waals surface area contributed by atoms with Crippen molar-refractivity contribution in [2.75, 3.05) is 57.7 Å². The molecule has 0 bridgehead atoms. The Kier molecular flexibility index (Phi) is 9.15. The maximum Gasteiger partial charge on any atom is 0.307 e. The molecule has 2 aromatic rings. The standard InChI is InChI=1S/C28H38N4O3/c1-2-35-27(33)12-15-29-26-10-8-25(9-11-26)28(34)30-18-20-32(21-19-30)31-16-13-24(14-17-31)22-23-6-4-3-5-7-23/h3-11,24,29H,2,12-22H2,1H3. The zero-order valence-corrected chi connectivity index (χ0v) is 20.8. The summed E-state index contributed by atoms with van der Waals surface area (Å²) in [7, 11) is 0. The highest BCUT2D eigenvalue weighted by Gasteiger charge is 2.28. The molecule has 4 rings (SSSR count). The number of hydrazine groups is 1. The monoisotopic (exact) mass is 478 g/mol. The molecule has 7 nitrogen and oxygen atoms in total. The van der Waals surface area contributed by atoms with Crippen molar-refractivity contribution in [2.24, 2.45) is 5.92 Å². The lowest BCUT2D eigenvalue weighted by atomic mass is 9.91. The average molecular weight is 479 g/mol. The Morgan fingerprint density at radius 2 is 1.54 bits per heavy atom. The molecule has 0 atom stereocenters. The van der Waals surface area contributed by atoms with Gasteiger partial charge in [-0.05, 0) is 61.9 Å². The fraction of sp³-hybridized carbons (Fsp3) is 0.500. The van der Waals surface area contributed by atoms with Crippen molar-refractivity contribution in [2.45, 2.75) is 32.6 Å². The second-order valence-corrected chi connectivity index (χ2v) is 9.39. The van der Waals surface area contributed by atoms with E-state index in [9.17, 15) is 9.59 Å². The summed E-state index contributed by atoms with van der Waals surface area (Å²) in [4.78, 5) is 26.4. The maximum atomic E-state index is 13.0. The van der Waals surface area contributed by atoms with Gasteiger partial charge in [0.2, 0.25) is 0 Å². The van der Waals surface area contributed by atoms with Crippen molar-refractivity contribution in [1.82, 2.24) is 14.9 Å². The molecular weight excluding hydrogens is 440 g/mol. The summed E-state index contributed by atoms with van der Waals surface area (Å²) in [6.07, 6.45) is 3.96. The molecule has 2 aliphatic rings. The SMILES string of the molecule is CCOC(=O)CCNc1ccc(C(=O)N2CCN(N3CCC(Cc4ccccc4)CC3)CC2)cc1. The number of hydrogen-bond donors (Lipinski definition) is 1. The first-order valence-corrected chi connectivity index (χ1v) is 12.9. The van der Waals surface area contributed by atoms with E-state index in [4.69, 9.17) is 4.74 Å². The van der Waals surface area contributed by atoms with Gasteiger partial charge in [0, 0.05) is 57.1 Å². The Labute approximate surface area is 209 Å². The summed E-state index contributed by atoms with van der Waals surface area (Å²) >= 11 is 0. The molecule has 2 aromatic carbocycles. The van der Waals surface area contributed by atoms with E-state index in [1.807, 2.05) is 29.2 Å². The minimum absolute atomic E-state index is 0.0873. The molecule has 35 heavy (non-hydrogen) atoms. The van der Waals surface area contributed by atoms with Gasteiger partial charge in [0.25, 0.3) is 5.91 Å². The zero-order chi connectivity index (χ0) is 24.5. The molecule has 0 aliphatic carbocycles. The number of nitrogens with one attached hydrogen (secondary N) is 1. The highest BCUT2D eigenvalue weighted by molar-refractivity contribution is 5.94. The summed E-state index contributed by atoms with van der Waals surface area (Å²) in [6.45, 7) is 8.22. The van der Waals surface area contributed by atoms with E-state index in [0.717, 1.165) is 50.9 Å². The number of piperazine rings is 1. The zero-order valence-electron chi connectivity index (χ0n) is 20.8. The summed E-state index contributed by atoms with van der Waals surface area (Å²) in [5, 5.41) is 8.14. The van der Waals surface area contributed by atoms with Crippen molar-refractivity contribution in [3.05, 3.63) is 65.7 Å². The van der Waals surface area contributed by atoms with Gasteiger partial charge >= 0.3 is 5.97 Å². The Morgan fingerprint density at radius 3 is 2.20 bits per heavy atom. The molecule has 2 aliphatic heterocycles. The van der Waals surface area contributed by atoms with Crippen LogP contribution in [0.4, 0.5) is 5.69 Å². The fourth-order valence-corrected chi connectivity index (χ4v) is 4.99. The van der Waals surface area contributed by atoms with Gasteiger partial charge in [-0.2, -0.15) is 0 Å². The van der Waals surface area contributed by atoms with Crippen LogP contribution >= 0.6 is 0 Å². The summed E-state index contributed by atoms with van der Waals surface area (Å²) < 4.78 is 4.93. The Balaban J connectivity index is 1.17. The number of anilines is 1. The topological polar surface area (TPSA) is 65.1 Å². The lowest BCUT2D eigenvalue weighted by Crippen LogP contribution is -2.56. The smallest absolute Gasteiger partial charge is 0.307 e. The highest BCUT2D eigenvalue weighted by Crippen LogP contribution is 2.23. The third-order valence-corrected chi connectivity index (χ3v) is 7.00. The number of ether oxygens (including phenoxy) is 1. The molecule has 1 N–H and O–H groups in total. The molecule has 2 heterocycles. The summed E-state index contributed by atoms with van der Waals surface area (Å²) in [6, 6.07) is 18.3. The van der Waals surface area contributed by atoms with E-state index in [1.165, 1.54) is 24.8 Å². The van der Waals surface area contributed by atoms with Gasteiger partial charge in [0.1, 0.15) is 0 Å². The Morgan fingerprint density at radius 1 is 0.886 bits per heavy atom. The van der Waals surface area contributed by atoms with Crippen LogP contribution < -0.4 is 5.32 Å². The van der Waals surface area contributed by atoms with Gasteiger partial charge in [-0.15, -0.1) is 0 Å². The number of rotatable bonds is 9. The molecular formula is C28H38N4O3. The first-order chi connectivity index (χ1) is 17.1. The van der Waals surface area contributed by atoms with Gasteiger partial charge in [-0.3, -0.25) is 9.59 Å². The summed E-state index contributed by atoms with van der Waals surface area (Å²) in [5.74, 6) is 0.644. The van der Waals surface area contributed by atoms with E-state index in [1.54, 1.807) is 6.92 Å². The van der Waals surface area contributed by atoms with Crippen LogP contribution in [0.3, 0.4) is 0 Å². The average Bonchev–Trinajstić information content (AvgIpc) is 2.90. The van der Waals surface area contributed by atoms with Gasteiger partial charge in [0.15, 0.2) is 0 Å². The van der Waals surface area contributed by atoms with E-state index in [0.29, 0.717) is 25.1 Å². The molecule has 2 fully saturated rings. The minimum atomic E-state index is -0.206. The van der Waals surface area contributed by atoms with Crippen molar-refractivity contribution in [3.63, 3.8) is 0 Å². The highest BCUT2D eigenvalue weighted by atomic mass is 16.5. The van der Waals surface area contributed by atoms with E-state index in [-0.39, 0.29) is 11.9 Å². The fourth-order valence-electron chi connectivity index (χ4n) is 4.99. The lowest BCUT2D eigenvalue weighted by Gasteiger charge is -2.44. The van der Waals surface area contributed by atoms with E-state index in [2.05, 4.69) is 45.7 Å². The predicted molar refractivity (Wildman–Crippen MR) is 138 cm³/mol. The van der Waals surface area contributed by atoms with Crippen LogP contribution in [0.2, 0.25) is 0 Å². The molecule has 188 valence electrons. The molecule has 0 unspecified atom stereocenters. The van der Waals surface area contributed by atoms with E-state index >= 15 is 0 Å². The molecule has 7 heteroatoms. The molecule has 2 saturated heterocycles. The third kappa shape index (κ3) is 7.29. The third-order valence-electron chi connectivity index (χ3n) is 7.00. The number of esters is 1. The number of piperidine rings is 1. The molecule has 0 spiro atoms. The number of hydrogen-bond acceptors (Lipinski definition) is 6. The van der Waals surface area contributed by atoms with Crippen molar-refractivity contribution < 1.29 is 14.3 Å². The lowest BCUT2D eigenvalue weighted by molar-refractivity contribution is -0.142. The van der Waals surface area contributed by atoms with Gasteiger partial charge < -0.3 is 15.0 Å².